The average Bonchev–Trinajstić information content (AvgIpc) is 3.12. The molecule has 0 unspecified atom stereocenters. The van der Waals surface area contributed by atoms with Gasteiger partial charge in [-0.3, -0.25) is 19.3 Å². The highest BCUT2D eigenvalue weighted by atomic mass is 19.4. The van der Waals surface area contributed by atoms with Crippen LogP contribution < -0.4 is 9.47 Å². The van der Waals surface area contributed by atoms with Crippen LogP contribution in [0.3, 0.4) is 0 Å². The normalized spacial score (nSPS) is 14.8. The lowest BCUT2D eigenvalue weighted by Crippen LogP contribution is -2.21. The second-order valence-electron chi connectivity index (χ2n) is 6.50. The number of alkyl halides is 3. The van der Waals surface area contributed by atoms with Crippen LogP contribution in [-0.4, -0.2) is 45.7 Å². The fraction of sp³-hybridized carbons (Fsp3) is 0.368. The van der Waals surface area contributed by atoms with Gasteiger partial charge in [0.25, 0.3) is 0 Å². The van der Waals surface area contributed by atoms with Gasteiger partial charge < -0.3 is 14.6 Å². The lowest BCUT2D eigenvalue weighted by atomic mass is 9.90. The zero-order valence-electron chi connectivity index (χ0n) is 16.1. The summed E-state index contributed by atoms with van der Waals surface area (Å²) in [6.45, 7) is -0.242. The van der Waals surface area contributed by atoms with E-state index in [9.17, 15) is 27.9 Å². The number of halogens is 3. The minimum atomic E-state index is -4.93. The number of methoxy groups -OCH3 is 2. The summed E-state index contributed by atoms with van der Waals surface area (Å²) in [4.78, 5) is 28.2. The van der Waals surface area contributed by atoms with E-state index in [0.717, 1.165) is 10.9 Å². The molecule has 0 bridgehead atoms. The van der Waals surface area contributed by atoms with Crippen LogP contribution in [0.4, 0.5) is 13.2 Å². The zero-order valence-corrected chi connectivity index (χ0v) is 16.1. The predicted octanol–water partition coefficient (Wildman–Crippen LogP) is 2.95. The summed E-state index contributed by atoms with van der Waals surface area (Å²) in [6.07, 6.45) is -2.37. The molecule has 160 valence electrons. The topological polar surface area (TPSA) is 104 Å². The van der Waals surface area contributed by atoms with Crippen LogP contribution in [0.15, 0.2) is 24.0 Å². The summed E-state index contributed by atoms with van der Waals surface area (Å²) in [7, 11) is 2.76. The first-order valence-corrected chi connectivity index (χ1v) is 8.87. The smallest absolute Gasteiger partial charge is 0.435 e. The monoisotopic (exact) mass is 425 g/mol. The lowest BCUT2D eigenvalue weighted by Gasteiger charge is -2.14. The predicted molar refractivity (Wildman–Crippen MR) is 97.1 cm³/mol. The number of Topliss-reactive ketones (excluding diaryl/α,β-unsaturated/α-hetero) is 2. The van der Waals surface area contributed by atoms with Gasteiger partial charge in [0.2, 0.25) is 0 Å². The molecule has 0 atom stereocenters. The van der Waals surface area contributed by atoms with E-state index >= 15 is 0 Å². The van der Waals surface area contributed by atoms with Gasteiger partial charge in [-0.1, -0.05) is 0 Å². The molecule has 0 radical (unpaired) electrons. The standard InChI is InChI=1S/C19H18F3N3O5/c1-29-14-6-7-23-11(17(14)30-2)9-25-8-10(18(24-25)19(20,21)22)16(28)15-12(26)4-3-5-13(15)27/h6-8,28H,3-5,9H2,1-2H3. The molecule has 0 spiro atoms. The molecule has 2 aromatic rings. The van der Waals surface area contributed by atoms with Gasteiger partial charge in [-0.05, 0) is 6.42 Å². The number of carbonyl (C=O) groups is 2. The van der Waals surface area contributed by atoms with Crippen LogP contribution in [0.5, 0.6) is 11.5 Å². The fourth-order valence-electron chi connectivity index (χ4n) is 3.22. The van der Waals surface area contributed by atoms with E-state index in [1.807, 2.05) is 0 Å². The second-order valence-corrected chi connectivity index (χ2v) is 6.50. The van der Waals surface area contributed by atoms with Gasteiger partial charge in [-0.15, -0.1) is 0 Å². The molecule has 30 heavy (non-hydrogen) atoms. The largest absolute Gasteiger partial charge is 0.506 e. The van der Waals surface area contributed by atoms with Crippen LogP contribution in [0.2, 0.25) is 0 Å². The van der Waals surface area contributed by atoms with E-state index < -0.39 is 40.3 Å². The Kier molecular flexibility index (Phi) is 5.81. The number of hydrogen-bond donors (Lipinski definition) is 1. The maximum absolute atomic E-state index is 13.5. The van der Waals surface area contributed by atoms with Gasteiger partial charge in [0.15, 0.2) is 28.8 Å². The lowest BCUT2D eigenvalue weighted by molar-refractivity contribution is -0.142. The number of rotatable bonds is 5. The molecule has 0 saturated heterocycles. The number of pyridine rings is 1. The Labute approximate surface area is 168 Å². The van der Waals surface area contributed by atoms with Gasteiger partial charge in [0, 0.05) is 31.3 Å². The van der Waals surface area contributed by atoms with Gasteiger partial charge in [-0.2, -0.15) is 18.3 Å². The van der Waals surface area contributed by atoms with Gasteiger partial charge >= 0.3 is 6.18 Å². The molecule has 1 N–H and O–H groups in total. The summed E-state index contributed by atoms with van der Waals surface area (Å²) in [5.41, 5.74) is -2.55. The third-order valence-electron chi connectivity index (χ3n) is 4.57. The molecule has 0 aliphatic heterocycles. The summed E-state index contributed by atoms with van der Waals surface area (Å²) in [5.74, 6) is -1.87. The number of aromatic nitrogens is 3. The van der Waals surface area contributed by atoms with Crippen molar-refractivity contribution >= 4 is 17.3 Å². The Morgan fingerprint density at radius 2 is 1.87 bits per heavy atom. The molecule has 2 heterocycles. The summed E-state index contributed by atoms with van der Waals surface area (Å²) < 4.78 is 51.9. The highest BCUT2D eigenvalue weighted by Gasteiger charge is 2.40. The van der Waals surface area contributed by atoms with Crippen LogP contribution >= 0.6 is 0 Å². The molecule has 2 aromatic heterocycles. The summed E-state index contributed by atoms with van der Waals surface area (Å²) in [5, 5.41) is 13.9. The Morgan fingerprint density at radius 1 is 1.20 bits per heavy atom. The maximum atomic E-state index is 13.5. The highest BCUT2D eigenvalue weighted by Crippen LogP contribution is 2.36. The number of aliphatic hydroxyl groups is 1. The summed E-state index contributed by atoms with van der Waals surface area (Å²) in [6, 6.07) is 1.52. The van der Waals surface area contributed by atoms with Crippen LogP contribution in [0, 0.1) is 0 Å². The Bertz CT molecular complexity index is 1010. The maximum Gasteiger partial charge on any atom is 0.435 e. The van der Waals surface area contributed by atoms with Crippen molar-refractivity contribution in [3.63, 3.8) is 0 Å². The van der Waals surface area contributed by atoms with Crippen LogP contribution in [-0.2, 0) is 22.3 Å². The van der Waals surface area contributed by atoms with Crippen molar-refractivity contribution in [3.05, 3.63) is 41.0 Å². The quantitative estimate of drug-likeness (QED) is 0.446. The first-order valence-electron chi connectivity index (χ1n) is 8.87. The second kappa shape index (κ2) is 8.17. The minimum absolute atomic E-state index is 0.0223. The molecule has 0 amide bonds. The number of nitrogens with zero attached hydrogens (tertiary/aromatic N) is 3. The molecule has 8 nitrogen and oxygen atoms in total. The number of ketones is 2. The molecule has 1 aliphatic rings. The van der Waals surface area contributed by atoms with Crippen molar-refractivity contribution in [2.24, 2.45) is 0 Å². The first-order chi connectivity index (χ1) is 14.2. The number of hydrogen-bond acceptors (Lipinski definition) is 7. The summed E-state index contributed by atoms with van der Waals surface area (Å²) >= 11 is 0. The third kappa shape index (κ3) is 4.00. The van der Waals surface area contributed by atoms with E-state index in [1.165, 1.54) is 26.5 Å². The van der Waals surface area contributed by atoms with Crippen molar-refractivity contribution in [2.75, 3.05) is 14.2 Å². The van der Waals surface area contributed by atoms with Crippen molar-refractivity contribution in [1.82, 2.24) is 14.8 Å². The van der Waals surface area contributed by atoms with E-state index in [1.54, 1.807) is 0 Å². The Morgan fingerprint density at radius 3 is 2.43 bits per heavy atom. The number of aliphatic hydroxyl groups excluding tert-OH is 1. The molecule has 1 aliphatic carbocycles. The molecule has 1 fully saturated rings. The third-order valence-corrected chi connectivity index (χ3v) is 4.57. The van der Waals surface area contributed by atoms with Gasteiger partial charge in [0.1, 0.15) is 17.0 Å². The van der Waals surface area contributed by atoms with E-state index in [-0.39, 0.29) is 30.8 Å². The molecule has 0 aromatic carbocycles. The van der Waals surface area contributed by atoms with E-state index in [0.29, 0.717) is 12.2 Å². The molecule has 1 saturated carbocycles. The van der Waals surface area contributed by atoms with Crippen molar-refractivity contribution in [2.45, 2.75) is 32.0 Å². The van der Waals surface area contributed by atoms with Crippen LogP contribution in [0.1, 0.15) is 36.2 Å². The van der Waals surface area contributed by atoms with Crippen molar-refractivity contribution in [3.8, 4) is 11.5 Å². The molecule has 11 heteroatoms. The highest BCUT2D eigenvalue weighted by molar-refractivity contribution is 6.25. The number of allylic oxidation sites excluding steroid dienone is 1. The number of carbonyl (C=O) groups excluding carboxylic acids is 2. The fourth-order valence-corrected chi connectivity index (χ4v) is 3.22. The SMILES string of the molecule is COc1ccnc(Cn2cc(C(O)=C3C(=O)CCCC3=O)c(C(F)(F)F)n2)c1OC. The van der Waals surface area contributed by atoms with E-state index in [4.69, 9.17) is 9.47 Å². The average molecular weight is 425 g/mol. The minimum Gasteiger partial charge on any atom is -0.506 e. The molecular weight excluding hydrogens is 407 g/mol. The van der Waals surface area contributed by atoms with E-state index in [2.05, 4.69) is 10.1 Å². The Hall–Kier alpha value is -3.37. The zero-order chi connectivity index (χ0) is 22.1. The van der Waals surface area contributed by atoms with Gasteiger partial charge in [0.05, 0.1) is 26.3 Å². The number of ether oxygens (including phenoxy) is 2. The van der Waals surface area contributed by atoms with Crippen molar-refractivity contribution < 1.29 is 37.3 Å². The first kappa shape index (κ1) is 21.3. The van der Waals surface area contributed by atoms with Crippen molar-refractivity contribution in [1.29, 1.82) is 0 Å². The van der Waals surface area contributed by atoms with Crippen LogP contribution in [0.25, 0.3) is 5.76 Å². The molecule has 3 rings (SSSR count). The Balaban J connectivity index is 2.10. The molecular formula is C19H18F3N3O5. The van der Waals surface area contributed by atoms with Gasteiger partial charge in [-0.25, -0.2) is 0 Å².